The second-order valence-corrected chi connectivity index (χ2v) is 6.57. The van der Waals surface area contributed by atoms with Gasteiger partial charge in [0.15, 0.2) is 0 Å². The van der Waals surface area contributed by atoms with Crippen LogP contribution in [0.5, 0.6) is 0 Å². The van der Waals surface area contributed by atoms with Gasteiger partial charge in [-0.1, -0.05) is 18.2 Å². The minimum Gasteiger partial charge on any atom is -0.358 e. The van der Waals surface area contributed by atoms with E-state index in [1.165, 1.54) is 61.1 Å². The molecule has 104 valence electrons. The smallest absolute Gasteiger partial charge is 0.110 e. The predicted molar refractivity (Wildman–Crippen MR) is 82.5 cm³/mol. The molecule has 0 amide bonds. The second kappa shape index (κ2) is 4.01. The zero-order valence-electron chi connectivity index (χ0n) is 11.8. The number of anilines is 1. The number of hydrogen-bond acceptors (Lipinski definition) is 2. The van der Waals surface area contributed by atoms with E-state index in [-0.39, 0.29) is 0 Å². The van der Waals surface area contributed by atoms with Gasteiger partial charge >= 0.3 is 0 Å². The highest BCUT2D eigenvalue weighted by Gasteiger charge is 2.34. The van der Waals surface area contributed by atoms with Crippen LogP contribution in [0.1, 0.15) is 48.8 Å². The van der Waals surface area contributed by atoms with E-state index in [1.54, 1.807) is 5.56 Å². The van der Waals surface area contributed by atoms with Gasteiger partial charge in [0, 0.05) is 30.1 Å². The maximum atomic E-state index is 3.78. The van der Waals surface area contributed by atoms with Gasteiger partial charge in [-0.15, -0.1) is 0 Å². The van der Waals surface area contributed by atoms with E-state index in [2.05, 4.69) is 33.4 Å². The van der Waals surface area contributed by atoms with Crippen LogP contribution in [-0.2, 0) is 0 Å². The van der Waals surface area contributed by atoms with Gasteiger partial charge in [0.2, 0.25) is 0 Å². The Bertz CT molecular complexity index is 658. The van der Waals surface area contributed by atoms with Gasteiger partial charge < -0.3 is 15.2 Å². The fourth-order valence-corrected chi connectivity index (χ4v) is 4.54. The molecule has 2 fully saturated rings. The summed E-state index contributed by atoms with van der Waals surface area (Å²) in [6, 6.07) is 7.44. The summed E-state index contributed by atoms with van der Waals surface area (Å²) in [5, 5.41) is 5.14. The van der Waals surface area contributed by atoms with Crippen LogP contribution >= 0.6 is 0 Å². The molecule has 2 saturated heterocycles. The highest BCUT2D eigenvalue weighted by Crippen LogP contribution is 2.47. The van der Waals surface area contributed by atoms with E-state index in [0.717, 1.165) is 12.5 Å². The number of benzene rings is 1. The summed E-state index contributed by atoms with van der Waals surface area (Å²) < 4.78 is 0. The van der Waals surface area contributed by atoms with E-state index < -0.39 is 0 Å². The van der Waals surface area contributed by atoms with Crippen molar-refractivity contribution in [2.45, 2.75) is 37.6 Å². The van der Waals surface area contributed by atoms with Crippen molar-refractivity contribution in [3.8, 4) is 0 Å². The molecule has 3 heteroatoms. The third kappa shape index (κ3) is 1.39. The van der Waals surface area contributed by atoms with Crippen LogP contribution < -0.4 is 10.2 Å². The Hall–Kier alpha value is -1.48. The summed E-state index contributed by atoms with van der Waals surface area (Å²) in [6.45, 7) is 3.64. The Morgan fingerprint density at radius 3 is 2.80 bits per heavy atom. The number of piperidine rings is 1. The van der Waals surface area contributed by atoms with Gasteiger partial charge in [0.1, 0.15) is 5.82 Å². The Kier molecular flexibility index (Phi) is 2.25. The molecule has 0 saturated carbocycles. The van der Waals surface area contributed by atoms with Crippen LogP contribution in [0.2, 0.25) is 0 Å². The highest BCUT2D eigenvalue weighted by molar-refractivity contribution is 5.93. The predicted octanol–water partition coefficient (Wildman–Crippen LogP) is 3.29. The van der Waals surface area contributed by atoms with Gasteiger partial charge in [0.25, 0.3) is 0 Å². The number of nitrogens with zero attached hydrogens (tertiary/aromatic N) is 1. The molecule has 6 rings (SSSR count). The lowest BCUT2D eigenvalue weighted by Crippen LogP contribution is -2.38. The fourth-order valence-electron chi connectivity index (χ4n) is 4.54. The van der Waals surface area contributed by atoms with E-state index in [4.69, 9.17) is 0 Å². The van der Waals surface area contributed by atoms with Gasteiger partial charge in [-0.05, 0) is 43.7 Å². The summed E-state index contributed by atoms with van der Waals surface area (Å²) in [6.07, 6.45) is 5.25. The maximum absolute atomic E-state index is 3.78. The number of fused-ring (bicyclic) bond motifs is 3. The standard InChI is InChI=1S/C17H21N3/c1-3-12(14-5-2-8-18-14)16-13(4-1)15-11-6-9-20(10-7-11)17(15)19-16/h1,3-4,11,14,18-19H,2,5-10H2. The molecule has 1 aromatic carbocycles. The van der Waals surface area contributed by atoms with Gasteiger partial charge in [0.05, 0.1) is 5.52 Å². The van der Waals surface area contributed by atoms with Crippen molar-refractivity contribution in [3.63, 3.8) is 0 Å². The number of aromatic nitrogens is 1. The first-order chi connectivity index (χ1) is 9.92. The lowest BCUT2D eigenvalue weighted by atomic mass is 9.84. The average Bonchev–Trinajstić information content (AvgIpc) is 3.16. The molecule has 1 aromatic heterocycles. The molecule has 4 aliphatic heterocycles. The summed E-state index contributed by atoms with van der Waals surface area (Å²) in [5.74, 6) is 2.21. The molecule has 0 aliphatic carbocycles. The first-order valence-electron chi connectivity index (χ1n) is 8.04. The fraction of sp³-hybridized carbons (Fsp3) is 0.529. The molecule has 5 heterocycles. The van der Waals surface area contributed by atoms with Crippen LogP contribution in [0.15, 0.2) is 18.2 Å². The summed E-state index contributed by atoms with van der Waals surface area (Å²) in [5.41, 5.74) is 4.49. The molecule has 2 bridgehead atoms. The van der Waals surface area contributed by atoms with Crippen molar-refractivity contribution < 1.29 is 0 Å². The lowest BCUT2D eigenvalue weighted by molar-refractivity contribution is 0.475. The van der Waals surface area contributed by atoms with Crippen molar-refractivity contribution in [3.05, 3.63) is 29.3 Å². The molecule has 0 radical (unpaired) electrons. The Labute approximate surface area is 119 Å². The van der Waals surface area contributed by atoms with E-state index >= 15 is 0 Å². The Morgan fingerprint density at radius 1 is 1.10 bits per heavy atom. The SMILES string of the molecule is c1cc(C2CCCN2)c2[nH]c3c(c2c1)C1CCN3CC1. The van der Waals surface area contributed by atoms with Crippen LogP contribution in [-0.4, -0.2) is 24.6 Å². The van der Waals surface area contributed by atoms with Gasteiger partial charge in [-0.3, -0.25) is 0 Å². The normalized spacial score (nSPS) is 25.6. The van der Waals surface area contributed by atoms with Gasteiger partial charge in [-0.2, -0.15) is 0 Å². The van der Waals surface area contributed by atoms with Crippen LogP contribution in [0.25, 0.3) is 10.9 Å². The molecule has 2 N–H and O–H groups in total. The lowest BCUT2D eigenvalue weighted by Gasteiger charge is -2.40. The minimum absolute atomic E-state index is 0.548. The average molecular weight is 267 g/mol. The zero-order chi connectivity index (χ0) is 13.1. The summed E-state index contributed by atoms with van der Waals surface area (Å²) >= 11 is 0. The van der Waals surface area contributed by atoms with E-state index in [0.29, 0.717) is 6.04 Å². The molecule has 1 unspecified atom stereocenters. The third-order valence-corrected chi connectivity index (χ3v) is 5.54. The van der Waals surface area contributed by atoms with Crippen molar-refractivity contribution in [2.24, 2.45) is 0 Å². The number of para-hydroxylation sites is 1. The molecular formula is C17H21N3. The highest BCUT2D eigenvalue weighted by atomic mass is 15.2. The van der Waals surface area contributed by atoms with Crippen molar-refractivity contribution >= 4 is 16.7 Å². The number of aromatic amines is 1. The summed E-state index contributed by atoms with van der Waals surface area (Å²) in [7, 11) is 0. The van der Waals surface area contributed by atoms with Crippen molar-refractivity contribution in [1.82, 2.24) is 10.3 Å². The molecular weight excluding hydrogens is 246 g/mol. The Morgan fingerprint density at radius 2 is 2.00 bits per heavy atom. The zero-order valence-corrected chi connectivity index (χ0v) is 11.8. The molecule has 20 heavy (non-hydrogen) atoms. The monoisotopic (exact) mass is 267 g/mol. The first kappa shape index (κ1) is 11.2. The maximum Gasteiger partial charge on any atom is 0.110 e. The second-order valence-electron chi connectivity index (χ2n) is 6.57. The van der Waals surface area contributed by atoms with Crippen LogP contribution in [0, 0.1) is 0 Å². The number of rotatable bonds is 1. The van der Waals surface area contributed by atoms with E-state index in [9.17, 15) is 0 Å². The minimum atomic E-state index is 0.548. The van der Waals surface area contributed by atoms with Crippen LogP contribution in [0.3, 0.4) is 0 Å². The Balaban J connectivity index is 1.75. The summed E-state index contributed by atoms with van der Waals surface area (Å²) in [4.78, 5) is 6.34. The molecule has 2 aromatic rings. The molecule has 0 spiro atoms. The first-order valence-corrected chi connectivity index (χ1v) is 8.04. The number of nitrogens with one attached hydrogen (secondary N) is 2. The molecule has 3 nitrogen and oxygen atoms in total. The van der Waals surface area contributed by atoms with E-state index in [1.807, 2.05) is 0 Å². The molecule has 4 aliphatic rings. The quantitative estimate of drug-likeness (QED) is 0.830. The largest absolute Gasteiger partial charge is 0.358 e. The van der Waals surface area contributed by atoms with Crippen molar-refractivity contribution in [2.75, 3.05) is 24.5 Å². The van der Waals surface area contributed by atoms with Gasteiger partial charge in [-0.25, -0.2) is 0 Å². The van der Waals surface area contributed by atoms with Crippen LogP contribution in [0.4, 0.5) is 5.82 Å². The topological polar surface area (TPSA) is 31.1 Å². The van der Waals surface area contributed by atoms with Crippen molar-refractivity contribution in [1.29, 1.82) is 0 Å². The number of hydrogen-bond donors (Lipinski definition) is 2. The molecule has 1 atom stereocenters. The number of H-pyrrole nitrogens is 1. The third-order valence-electron chi connectivity index (χ3n) is 5.54.